The summed E-state index contributed by atoms with van der Waals surface area (Å²) in [6.45, 7) is 0.297. The number of anilines is 1. The maximum atomic E-state index is 13.2. The average molecular weight is 480 g/mol. The van der Waals surface area contributed by atoms with Crippen LogP contribution in [0.4, 0.5) is 5.69 Å². The minimum Gasteiger partial charge on any atom is -0.292 e. The van der Waals surface area contributed by atoms with E-state index in [1.807, 2.05) is 35.7 Å². The van der Waals surface area contributed by atoms with Crippen LogP contribution < -0.4 is 9.86 Å². The molecule has 4 aromatic rings. The largest absolute Gasteiger partial charge is 0.292 e. The quantitative estimate of drug-likeness (QED) is 0.407. The lowest BCUT2D eigenvalue weighted by molar-refractivity contribution is 0.0970. The van der Waals surface area contributed by atoms with Crippen LogP contribution >= 0.6 is 11.3 Å². The van der Waals surface area contributed by atoms with E-state index >= 15 is 0 Å². The monoisotopic (exact) mass is 479 g/mol. The molecule has 0 atom stereocenters. The number of thiophene rings is 1. The fourth-order valence-electron chi connectivity index (χ4n) is 4.24. The molecule has 0 saturated carbocycles. The van der Waals surface area contributed by atoms with Crippen molar-refractivity contribution >= 4 is 43.0 Å². The summed E-state index contributed by atoms with van der Waals surface area (Å²) in [6.07, 6.45) is 3.99. The molecule has 33 heavy (non-hydrogen) atoms. The zero-order valence-electron chi connectivity index (χ0n) is 17.9. The van der Waals surface area contributed by atoms with Gasteiger partial charge in [0.2, 0.25) is 10.0 Å². The van der Waals surface area contributed by atoms with Gasteiger partial charge in [0.05, 0.1) is 30.2 Å². The van der Waals surface area contributed by atoms with E-state index in [1.54, 1.807) is 18.2 Å². The summed E-state index contributed by atoms with van der Waals surface area (Å²) in [5.74, 6) is -0.228. The summed E-state index contributed by atoms with van der Waals surface area (Å²) >= 11 is 1.40. The van der Waals surface area contributed by atoms with E-state index < -0.39 is 10.0 Å². The van der Waals surface area contributed by atoms with Crippen molar-refractivity contribution in [2.75, 3.05) is 17.1 Å². The lowest BCUT2D eigenvalue weighted by Crippen LogP contribution is -2.34. The number of nitrogens with zero attached hydrogens (tertiary/aromatic N) is 3. The van der Waals surface area contributed by atoms with Crippen LogP contribution in [-0.4, -0.2) is 36.6 Å². The minimum atomic E-state index is -3.37. The highest BCUT2D eigenvalue weighted by atomic mass is 32.2. The molecular formula is C24H21N3O4S2. The SMILES string of the molecule is CS(=O)(=O)N1CCCc2cc(C(=O)Cn3cnc4scc(-c5ccccc5)c4c3=O)ccc21. The topological polar surface area (TPSA) is 89.3 Å². The Morgan fingerprint density at radius 3 is 2.70 bits per heavy atom. The van der Waals surface area contributed by atoms with Crippen LogP contribution in [0.5, 0.6) is 0 Å². The third-order valence-corrected chi connectivity index (χ3v) is 7.90. The Morgan fingerprint density at radius 2 is 1.94 bits per heavy atom. The van der Waals surface area contributed by atoms with Crippen LogP contribution in [0.3, 0.4) is 0 Å². The molecule has 0 saturated heterocycles. The lowest BCUT2D eigenvalue weighted by atomic mass is 9.99. The summed E-state index contributed by atoms with van der Waals surface area (Å²) in [7, 11) is -3.37. The van der Waals surface area contributed by atoms with E-state index in [0.29, 0.717) is 40.9 Å². The van der Waals surface area contributed by atoms with Gasteiger partial charge in [-0.15, -0.1) is 11.3 Å². The molecule has 0 unspecified atom stereocenters. The smallest absolute Gasteiger partial charge is 0.263 e. The molecule has 3 heterocycles. The summed E-state index contributed by atoms with van der Waals surface area (Å²) < 4.78 is 26.9. The predicted octanol–water partition coefficient (Wildman–Crippen LogP) is 3.72. The number of fused-ring (bicyclic) bond motifs is 2. The molecule has 5 rings (SSSR count). The van der Waals surface area contributed by atoms with Crippen LogP contribution in [0, 0.1) is 0 Å². The number of carbonyl (C=O) groups excluding carboxylic acids is 1. The lowest BCUT2D eigenvalue weighted by Gasteiger charge is -2.29. The third kappa shape index (κ3) is 3.98. The molecule has 0 spiro atoms. The van der Waals surface area contributed by atoms with Gasteiger partial charge >= 0.3 is 0 Å². The van der Waals surface area contributed by atoms with Gasteiger partial charge in [-0.05, 0) is 42.2 Å². The predicted molar refractivity (Wildman–Crippen MR) is 131 cm³/mol. The molecule has 1 aliphatic heterocycles. The number of sulfonamides is 1. The Labute approximate surface area is 195 Å². The number of hydrogen-bond acceptors (Lipinski definition) is 6. The van der Waals surface area contributed by atoms with Crippen molar-refractivity contribution in [1.82, 2.24) is 9.55 Å². The van der Waals surface area contributed by atoms with Crippen molar-refractivity contribution in [3.8, 4) is 11.1 Å². The minimum absolute atomic E-state index is 0.138. The average Bonchev–Trinajstić information content (AvgIpc) is 3.25. The number of ketones is 1. The molecular weight excluding hydrogens is 458 g/mol. The normalized spacial score (nSPS) is 13.8. The first-order valence-corrected chi connectivity index (χ1v) is 13.2. The maximum absolute atomic E-state index is 13.2. The first-order valence-electron chi connectivity index (χ1n) is 10.5. The van der Waals surface area contributed by atoms with Gasteiger partial charge < -0.3 is 0 Å². The second-order valence-electron chi connectivity index (χ2n) is 8.08. The van der Waals surface area contributed by atoms with Gasteiger partial charge in [0, 0.05) is 23.1 Å². The number of aryl methyl sites for hydroxylation is 1. The van der Waals surface area contributed by atoms with Gasteiger partial charge in [0.1, 0.15) is 4.83 Å². The molecule has 0 fully saturated rings. The first kappa shape index (κ1) is 21.5. The van der Waals surface area contributed by atoms with Crippen molar-refractivity contribution in [2.24, 2.45) is 0 Å². The van der Waals surface area contributed by atoms with E-state index in [0.717, 1.165) is 16.7 Å². The first-order chi connectivity index (χ1) is 15.8. The number of aromatic nitrogens is 2. The van der Waals surface area contributed by atoms with Gasteiger partial charge in [-0.3, -0.25) is 18.5 Å². The number of hydrogen-bond donors (Lipinski definition) is 0. The Bertz CT molecular complexity index is 1540. The van der Waals surface area contributed by atoms with Crippen molar-refractivity contribution in [1.29, 1.82) is 0 Å². The van der Waals surface area contributed by atoms with Crippen molar-refractivity contribution in [3.63, 3.8) is 0 Å². The molecule has 0 radical (unpaired) electrons. The van der Waals surface area contributed by atoms with Gasteiger partial charge in [-0.2, -0.15) is 0 Å². The Balaban J connectivity index is 1.48. The molecule has 0 aliphatic carbocycles. The number of carbonyl (C=O) groups is 1. The zero-order chi connectivity index (χ0) is 23.2. The Hall–Kier alpha value is -3.30. The molecule has 0 N–H and O–H groups in total. The second-order valence-corrected chi connectivity index (χ2v) is 10.8. The Kier molecular flexibility index (Phi) is 5.38. The summed E-state index contributed by atoms with van der Waals surface area (Å²) in [6, 6.07) is 14.7. The molecule has 7 nitrogen and oxygen atoms in total. The molecule has 168 valence electrons. The molecule has 1 aliphatic rings. The summed E-state index contributed by atoms with van der Waals surface area (Å²) in [5.41, 5.74) is 3.37. The molecule has 2 aromatic carbocycles. The second kappa shape index (κ2) is 8.24. The molecule has 2 aromatic heterocycles. The van der Waals surface area contributed by atoms with Crippen molar-refractivity contribution in [3.05, 3.63) is 81.7 Å². The Morgan fingerprint density at radius 1 is 1.15 bits per heavy atom. The molecule has 0 amide bonds. The fraction of sp³-hybridized carbons (Fsp3) is 0.208. The van der Waals surface area contributed by atoms with Crippen LogP contribution in [0.15, 0.2) is 65.0 Å². The number of rotatable bonds is 5. The van der Waals surface area contributed by atoms with Gasteiger partial charge in [-0.1, -0.05) is 30.3 Å². The summed E-state index contributed by atoms with van der Waals surface area (Å²) in [5, 5.41) is 2.42. The van der Waals surface area contributed by atoms with E-state index in [2.05, 4.69) is 4.98 Å². The highest BCUT2D eigenvalue weighted by molar-refractivity contribution is 7.92. The van der Waals surface area contributed by atoms with E-state index in [4.69, 9.17) is 0 Å². The number of benzene rings is 2. The van der Waals surface area contributed by atoms with Crippen molar-refractivity contribution < 1.29 is 13.2 Å². The summed E-state index contributed by atoms with van der Waals surface area (Å²) in [4.78, 5) is 31.3. The third-order valence-electron chi connectivity index (χ3n) is 5.84. The van der Waals surface area contributed by atoms with Crippen LogP contribution in [-0.2, 0) is 23.0 Å². The van der Waals surface area contributed by atoms with E-state index in [1.165, 1.54) is 32.8 Å². The van der Waals surface area contributed by atoms with E-state index in [-0.39, 0.29) is 17.9 Å². The van der Waals surface area contributed by atoms with Gasteiger partial charge in [0.15, 0.2) is 5.78 Å². The van der Waals surface area contributed by atoms with Crippen LogP contribution in [0.1, 0.15) is 22.3 Å². The standard InChI is InChI=1S/C24H21N3O4S2/c1-33(30,31)27-11-5-8-17-12-18(9-10-20(17)27)21(28)13-26-15-25-23-22(24(26)29)19(14-32-23)16-6-3-2-4-7-16/h2-4,6-7,9-10,12,14-15H,5,8,11,13H2,1H3. The highest BCUT2D eigenvalue weighted by Crippen LogP contribution is 2.31. The number of Topliss-reactive ketones (excluding diaryl/α,β-unsaturated/α-hetero) is 1. The van der Waals surface area contributed by atoms with Crippen molar-refractivity contribution in [2.45, 2.75) is 19.4 Å². The molecule has 0 bridgehead atoms. The highest BCUT2D eigenvalue weighted by Gasteiger charge is 2.25. The zero-order valence-corrected chi connectivity index (χ0v) is 19.5. The van der Waals surface area contributed by atoms with Gasteiger partial charge in [0.25, 0.3) is 5.56 Å². The van der Waals surface area contributed by atoms with E-state index in [9.17, 15) is 18.0 Å². The van der Waals surface area contributed by atoms with Crippen LogP contribution in [0.25, 0.3) is 21.3 Å². The fourth-order valence-corrected chi connectivity index (χ4v) is 6.14. The van der Waals surface area contributed by atoms with Crippen LogP contribution in [0.2, 0.25) is 0 Å². The maximum Gasteiger partial charge on any atom is 0.263 e. The van der Waals surface area contributed by atoms with Gasteiger partial charge in [-0.25, -0.2) is 13.4 Å². The molecule has 9 heteroatoms.